The number of carbonyl (C=O) groups excluding carboxylic acids is 2. The monoisotopic (exact) mass is 489 g/mol. The van der Waals surface area contributed by atoms with Crippen LogP contribution in [0.3, 0.4) is 0 Å². The van der Waals surface area contributed by atoms with E-state index in [1.54, 1.807) is 30.3 Å². The Labute approximate surface area is 186 Å². The van der Waals surface area contributed by atoms with Gasteiger partial charge in [0, 0.05) is 0 Å². The Balaban J connectivity index is 1.85. The number of imide groups is 1. The van der Waals surface area contributed by atoms with Crippen molar-refractivity contribution in [3.63, 3.8) is 0 Å². The Kier molecular flexibility index (Phi) is 7.19. The van der Waals surface area contributed by atoms with Gasteiger partial charge in [-0.25, -0.2) is 4.39 Å². The lowest BCUT2D eigenvalue weighted by atomic mass is 10.1. The summed E-state index contributed by atoms with van der Waals surface area (Å²) in [7, 11) is 0. The van der Waals surface area contributed by atoms with Gasteiger partial charge in [0.05, 0.1) is 22.5 Å². The van der Waals surface area contributed by atoms with Gasteiger partial charge < -0.3 is 9.47 Å². The molecule has 0 aromatic heterocycles. The van der Waals surface area contributed by atoms with E-state index in [4.69, 9.17) is 15.9 Å². The molecule has 0 saturated carbocycles. The van der Waals surface area contributed by atoms with Gasteiger partial charge in [-0.15, -0.1) is 6.42 Å². The maximum Gasteiger partial charge on any atom is 0.293 e. The van der Waals surface area contributed by atoms with Crippen LogP contribution >= 0.6 is 27.7 Å². The summed E-state index contributed by atoms with van der Waals surface area (Å²) in [4.78, 5) is 26.5. The Morgan fingerprint density at radius 1 is 1.23 bits per heavy atom. The van der Waals surface area contributed by atoms with E-state index in [1.807, 2.05) is 6.92 Å². The van der Waals surface area contributed by atoms with Crippen molar-refractivity contribution in [2.24, 2.45) is 0 Å². The van der Waals surface area contributed by atoms with Crippen LogP contribution < -0.4 is 9.47 Å². The molecular formula is C22H17BrFNO4S. The van der Waals surface area contributed by atoms with Crippen LogP contribution in [0.5, 0.6) is 11.5 Å². The third-order valence-corrected chi connectivity index (χ3v) is 5.55. The minimum atomic E-state index is -0.406. The van der Waals surface area contributed by atoms with Crippen molar-refractivity contribution in [2.45, 2.75) is 13.5 Å². The molecule has 2 aromatic rings. The fourth-order valence-corrected chi connectivity index (χ4v) is 4.16. The lowest BCUT2D eigenvalue weighted by Gasteiger charge is -2.13. The second-order valence-corrected chi connectivity index (χ2v) is 8.00. The van der Waals surface area contributed by atoms with E-state index in [2.05, 4.69) is 21.9 Å². The number of thioether (sulfide) groups is 1. The molecule has 2 amide bonds. The number of benzene rings is 2. The standard InChI is InChI=1S/C22H17BrFNO4S/c1-3-9-29-20-17(23)10-15(11-18(20)28-4-2)12-19-21(26)25(22(27)30-19)13-14-5-7-16(24)8-6-14/h1,5-8,10-12H,4,9,13H2,2H3/b19-12-. The quantitative estimate of drug-likeness (QED) is 0.393. The van der Waals surface area contributed by atoms with Gasteiger partial charge >= 0.3 is 0 Å². The summed E-state index contributed by atoms with van der Waals surface area (Å²) in [5.74, 6) is 2.56. The summed E-state index contributed by atoms with van der Waals surface area (Å²) in [5.41, 5.74) is 1.32. The average Bonchev–Trinajstić information content (AvgIpc) is 2.96. The van der Waals surface area contributed by atoms with E-state index in [0.717, 1.165) is 16.7 Å². The van der Waals surface area contributed by atoms with Crippen LogP contribution in [-0.2, 0) is 11.3 Å². The molecule has 1 aliphatic rings. The number of hydrogen-bond acceptors (Lipinski definition) is 5. The second kappa shape index (κ2) is 9.83. The lowest BCUT2D eigenvalue weighted by Crippen LogP contribution is -2.27. The molecule has 8 heteroatoms. The van der Waals surface area contributed by atoms with Crippen molar-refractivity contribution >= 4 is 44.9 Å². The Hall–Kier alpha value is -2.76. The van der Waals surface area contributed by atoms with Crippen LogP contribution in [0.15, 0.2) is 45.8 Å². The fourth-order valence-electron chi connectivity index (χ4n) is 2.75. The number of carbonyl (C=O) groups is 2. The number of ether oxygens (including phenoxy) is 2. The van der Waals surface area contributed by atoms with Gasteiger partial charge in [0.25, 0.3) is 11.1 Å². The SMILES string of the molecule is C#CCOc1c(Br)cc(/C=C2\SC(=O)N(Cc3ccc(F)cc3)C2=O)cc1OCC. The predicted molar refractivity (Wildman–Crippen MR) is 118 cm³/mol. The molecule has 0 aliphatic carbocycles. The lowest BCUT2D eigenvalue weighted by molar-refractivity contribution is -0.123. The first-order chi connectivity index (χ1) is 14.4. The number of halogens is 2. The van der Waals surface area contributed by atoms with E-state index in [9.17, 15) is 14.0 Å². The van der Waals surface area contributed by atoms with Gasteiger partial charge in [-0.1, -0.05) is 18.1 Å². The highest BCUT2D eigenvalue weighted by Gasteiger charge is 2.35. The zero-order valence-electron chi connectivity index (χ0n) is 16.0. The number of rotatable bonds is 7. The maximum atomic E-state index is 13.1. The van der Waals surface area contributed by atoms with Gasteiger partial charge in [0.1, 0.15) is 12.4 Å². The fraction of sp³-hybridized carbons (Fsp3) is 0.182. The first-order valence-corrected chi connectivity index (χ1v) is 10.6. The van der Waals surface area contributed by atoms with E-state index >= 15 is 0 Å². The van der Waals surface area contributed by atoms with Crippen molar-refractivity contribution in [3.8, 4) is 23.8 Å². The van der Waals surface area contributed by atoms with Crippen LogP contribution in [0.4, 0.5) is 9.18 Å². The minimum absolute atomic E-state index is 0.0784. The van der Waals surface area contributed by atoms with Gasteiger partial charge in [0.15, 0.2) is 11.5 Å². The van der Waals surface area contributed by atoms with E-state index in [0.29, 0.717) is 33.7 Å². The second-order valence-electron chi connectivity index (χ2n) is 6.15. The molecular weight excluding hydrogens is 473 g/mol. The zero-order valence-corrected chi connectivity index (χ0v) is 18.4. The Morgan fingerprint density at radius 2 is 1.97 bits per heavy atom. The molecule has 5 nitrogen and oxygen atoms in total. The molecule has 0 spiro atoms. The molecule has 1 fully saturated rings. The van der Waals surface area contributed by atoms with Crippen LogP contribution in [-0.4, -0.2) is 29.3 Å². The van der Waals surface area contributed by atoms with E-state index < -0.39 is 5.91 Å². The molecule has 0 N–H and O–H groups in total. The number of nitrogens with zero attached hydrogens (tertiary/aromatic N) is 1. The number of hydrogen-bond donors (Lipinski definition) is 0. The molecule has 1 saturated heterocycles. The minimum Gasteiger partial charge on any atom is -0.490 e. The predicted octanol–water partition coefficient (Wildman–Crippen LogP) is 5.24. The van der Waals surface area contributed by atoms with Gasteiger partial charge in [0.2, 0.25) is 0 Å². The van der Waals surface area contributed by atoms with E-state index in [1.165, 1.54) is 12.1 Å². The molecule has 0 radical (unpaired) electrons. The summed E-state index contributed by atoms with van der Waals surface area (Å²) >= 11 is 4.29. The molecule has 0 bridgehead atoms. The van der Waals surface area contributed by atoms with E-state index in [-0.39, 0.29) is 29.1 Å². The topological polar surface area (TPSA) is 55.8 Å². The van der Waals surface area contributed by atoms with Crippen molar-refractivity contribution in [1.82, 2.24) is 4.90 Å². The molecule has 30 heavy (non-hydrogen) atoms. The molecule has 2 aromatic carbocycles. The van der Waals surface area contributed by atoms with Crippen LogP contribution in [0.25, 0.3) is 6.08 Å². The Morgan fingerprint density at radius 3 is 2.63 bits per heavy atom. The summed E-state index contributed by atoms with van der Waals surface area (Å²) < 4.78 is 24.9. The molecule has 0 unspecified atom stereocenters. The third-order valence-electron chi connectivity index (χ3n) is 4.06. The van der Waals surface area contributed by atoms with Crippen molar-refractivity contribution < 1.29 is 23.5 Å². The number of terminal acetylenes is 1. The highest BCUT2D eigenvalue weighted by molar-refractivity contribution is 9.10. The van der Waals surface area contributed by atoms with Crippen LogP contribution in [0.2, 0.25) is 0 Å². The first-order valence-electron chi connectivity index (χ1n) is 8.95. The summed E-state index contributed by atoms with van der Waals surface area (Å²) in [5, 5.41) is -0.381. The zero-order chi connectivity index (χ0) is 21.7. The summed E-state index contributed by atoms with van der Waals surface area (Å²) in [6.07, 6.45) is 6.88. The van der Waals surface area contributed by atoms with Crippen molar-refractivity contribution in [3.05, 3.63) is 62.7 Å². The van der Waals surface area contributed by atoms with Crippen molar-refractivity contribution in [1.29, 1.82) is 0 Å². The molecule has 1 aliphatic heterocycles. The smallest absolute Gasteiger partial charge is 0.293 e. The van der Waals surface area contributed by atoms with Crippen LogP contribution in [0.1, 0.15) is 18.1 Å². The van der Waals surface area contributed by atoms with Gasteiger partial charge in [-0.2, -0.15) is 0 Å². The molecule has 154 valence electrons. The highest BCUT2D eigenvalue weighted by atomic mass is 79.9. The van der Waals surface area contributed by atoms with Crippen LogP contribution in [0, 0.1) is 18.2 Å². The first kappa shape index (κ1) is 21.9. The molecule has 1 heterocycles. The average molecular weight is 490 g/mol. The maximum absolute atomic E-state index is 13.1. The summed E-state index contributed by atoms with van der Waals surface area (Å²) in [6, 6.07) is 9.14. The molecule has 3 rings (SSSR count). The normalized spacial score (nSPS) is 14.9. The Bertz CT molecular complexity index is 1050. The number of amides is 2. The van der Waals surface area contributed by atoms with Gasteiger partial charge in [-0.05, 0) is 76.1 Å². The third kappa shape index (κ3) is 5.04. The van der Waals surface area contributed by atoms with Gasteiger partial charge in [-0.3, -0.25) is 14.5 Å². The largest absolute Gasteiger partial charge is 0.490 e. The molecule has 0 atom stereocenters. The highest BCUT2D eigenvalue weighted by Crippen LogP contribution is 2.39. The summed E-state index contributed by atoms with van der Waals surface area (Å²) in [6.45, 7) is 2.41. The van der Waals surface area contributed by atoms with Crippen molar-refractivity contribution in [2.75, 3.05) is 13.2 Å².